The standard InChI is InChI=1S/C15H21NO5S2/c1-10-11(4-5-12(20-2)14(10)21-3)15(19)16-7-9-23-22-8-6-13(17)18/h4-5H,6-9H2,1-3H3,(H,16,19)(H,17,18). The van der Waals surface area contributed by atoms with E-state index in [2.05, 4.69) is 5.32 Å². The molecule has 8 heteroatoms. The molecule has 0 aliphatic carbocycles. The van der Waals surface area contributed by atoms with E-state index in [0.717, 1.165) is 5.56 Å². The van der Waals surface area contributed by atoms with Gasteiger partial charge >= 0.3 is 5.97 Å². The van der Waals surface area contributed by atoms with Crippen molar-refractivity contribution >= 4 is 33.5 Å². The highest BCUT2D eigenvalue weighted by atomic mass is 33.1. The molecule has 128 valence electrons. The molecular weight excluding hydrogens is 338 g/mol. The van der Waals surface area contributed by atoms with Crippen molar-refractivity contribution in [3.8, 4) is 11.5 Å². The first-order valence-corrected chi connectivity index (χ1v) is 9.46. The van der Waals surface area contributed by atoms with Gasteiger partial charge in [-0.2, -0.15) is 0 Å². The second kappa shape index (κ2) is 10.3. The molecule has 23 heavy (non-hydrogen) atoms. The normalized spacial score (nSPS) is 10.2. The van der Waals surface area contributed by atoms with Crippen LogP contribution in [0.4, 0.5) is 0 Å². The number of carbonyl (C=O) groups is 2. The first kappa shape index (κ1) is 19.5. The van der Waals surface area contributed by atoms with E-state index in [1.807, 2.05) is 6.92 Å². The van der Waals surface area contributed by atoms with E-state index >= 15 is 0 Å². The Labute approximate surface area is 143 Å². The van der Waals surface area contributed by atoms with Crippen LogP contribution in [0.25, 0.3) is 0 Å². The number of ether oxygens (including phenoxy) is 2. The number of aliphatic carboxylic acids is 1. The van der Waals surface area contributed by atoms with E-state index in [1.54, 1.807) is 30.0 Å². The van der Waals surface area contributed by atoms with Crippen LogP contribution in [0.5, 0.6) is 11.5 Å². The Bertz CT molecular complexity index is 551. The fourth-order valence-corrected chi connectivity index (χ4v) is 3.76. The van der Waals surface area contributed by atoms with E-state index in [-0.39, 0.29) is 12.3 Å². The van der Waals surface area contributed by atoms with Gasteiger partial charge in [-0.15, -0.1) is 0 Å². The van der Waals surface area contributed by atoms with Gasteiger partial charge in [-0.3, -0.25) is 9.59 Å². The molecule has 0 radical (unpaired) electrons. The number of methoxy groups -OCH3 is 2. The summed E-state index contributed by atoms with van der Waals surface area (Å²) in [4.78, 5) is 22.6. The van der Waals surface area contributed by atoms with Gasteiger partial charge in [0, 0.05) is 29.2 Å². The number of rotatable bonds is 10. The van der Waals surface area contributed by atoms with Gasteiger partial charge in [-0.1, -0.05) is 21.6 Å². The topological polar surface area (TPSA) is 84.9 Å². The van der Waals surface area contributed by atoms with Crippen molar-refractivity contribution in [2.24, 2.45) is 0 Å². The molecule has 0 fully saturated rings. The van der Waals surface area contributed by atoms with Gasteiger partial charge in [0.05, 0.1) is 20.6 Å². The largest absolute Gasteiger partial charge is 0.493 e. The van der Waals surface area contributed by atoms with E-state index in [9.17, 15) is 9.59 Å². The summed E-state index contributed by atoms with van der Waals surface area (Å²) in [5.74, 6) is 1.45. The van der Waals surface area contributed by atoms with Crippen molar-refractivity contribution in [2.75, 3.05) is 32.3 Å². The van der Waals surface area contributed by atoms with Crippen LogP contribution >= 0.6 is 21.6 Å². The molecule has 1 rings (SSSR count). The van der Waals surface area contributed by atoms with Crippen LogP contribution < -0.4 is 14.8 Å². The molecule has 1 aromatic rings. The zero-order chi connectivity index (χ0) is 17.2. The first-order chi connectivity index (χ1) is 11.0. The molecule has 0 heterocycles. The van der Waals surface area contributed by atoms with Gasteiger partial charge in [0.1, 0.15) is 0 Å². The molecule has 0 aliphatic rings. The number of benzene rings is 1. The summed E-state index contributed by atoms with van der Waals surface area (Å²) < 4.78 is 10.5. The van der Waals surface area contributed by atoms with Crippen LogP contribution in [0.15, 0.2) is 12.1 Å². The average Bonchev–Trinajstić information content (AvgIpc) is 2.52. The minimum Gasteiger partial charge on any atom is -0.493 e. The minimum absolute atomic E-state index is 0.148. The fourth-order valence-electron chi connectivity index (χ4n) is 1.88. The summed E-state index contributed by atoms with van der Waals surface area (Å²) in [5.41, 5.74) is 1.28. The van der Waals surface area contributed by atoms with E-state index in [0.29, 0.717) is 35.1 Å². The predicted molar refractivity (Wildman–Crippen MR) is 93.8 cm³/mol. The zero-order valence-electron chi connectivity index (χ0n) is 13.4. The Morgan fingerprint density at radius 2 is 1.87 bits per heavy atom. The molecule has 1 aromatic carbocycles. The Morgan fingerprint density at radius 3 is 2.48 bits per heavy atom. The second-order valence-electron chi connectivity index (χ2n) is 4.52. The highest BCUT2D eigenvalue weighted by Crippen LogP contribution is 2.32. The molecule has 0 saturated heterocycles. The molecule has 0 spiro atoms. The fraction of sp³-hybridized carbons (Fsp3) is 0.467. The van der Waals surface area contributed by atoms with Crippen LogP contribution in [-0.2, 0) is 4.79 Å². The van der Waals surface area contributed by atoms with E-state index in [1.165, 1.54) is 17.9 Å². The highest BCUT2D eigenvalue weighted by Gasteiger charge is 2.15. The predicted octanol–water partition coefficient (Wildman–Crippen LogP) is 2.60. The minimum atomic E-state index is -0.796. The van der Waals surface area contributed by atoms with Crippen LogP contribution in [0.2, 0.25) is 0 Å². The summed E-state index contributed by atoms with van der Waals surface area (Å²) >= 11 is 0. The molecule has 0 aromatic heterocycles. The van der Waals surface area contributed by atoms with Crippen molar-refractivity contribution in [3.05, 3.63) is 23.3 Å². The summed E-state index contributed by atoms with van der Waals surface area (Å²) in [6, 6.07) is 3.41. The quantitative estimate of drug-likeness (QED) is 0.490. The van der Waals surface area contributed by atoms with Crippen molar-refractivity contribution in [1.82, 2.24) is 5.32 Å². The number of hydrogen-bond donors (Lipinski definition) is 2. The van der Waals surface area contributed by atoms with Crippen LogP contribution in [-0.4, -0.2) is 49.3 Å². The van der Waals surface area contributed by atoms with Gasteiger partial charge in [0.25, 0.3) is 5.91 Å². The number of carboxylic acid groups (broad SMARTS) is 1. The zero-order valence-corrected chi connectivity index (χ0v) is 15.0. The van der Waals surface area contributed by atoms with Crippen molar-refractivity contribution < 1.29 is 24.2 Å². The van der Waals surface area contributed by atoms with Crippen molar-refractivity contribution in [2.45, 2.75) is 13.3 Å². The summed E-state index contributed by atoms with van der Waals surface area (Å²) in [7, 11) is 6.13. The van der Waals surface area contributed by atoms with Gasteiger partial charge in [-0.25, -0.2) is 0 Å². The Morgan fingerprint density at radius 1 is 1.17 bits per heavy atom. The van der Waals surface area contributed by atoms with Gasteiger partial charge in [0.15, 0.2) is 11.5 Å². The van der Waals surface area contributed by atoms with E-state index in [4.69, 9.17) is 14.6 Å². The third kappa shape index (κ3) is 6.23. The van der Waals surface area contributed by atoms with Crippen molar-refractivity contribution in [1.29, 1.82) is 0 Å². The first-order valence-electron chi connectivity index (χ1n) is 6.97. The van der Waals surface area contributed by atoms with Gasteiger partial charge < -0.3 is 19.9 Å². The summed E-state index contributed by atoms with van der Waals surface area (Å²) in [6.07, 6.45) is 0.148. The molecular formula is C15H21NO5S2. The monoisotopic (exact) mass is 359 g/mol. The lowest BCUT2D eigenvalue weighted by molar-refractivity contribution is -0.136. The number of nitrogens with one attached hydrogen (secondary N) is 1. The number of hydrogen-bond acceptors (Lipinski definition) is 6. The molecule has 0 bridgehead atoms. The maximum Gasteiger partial charge on any atom is 0.304 e. The summed E-state index contributed by atoms with van der Waals surface area (Å²) in [6.45, 7) is 2.32. The average molecular weight is 359 g/mol. The lowest BCUT2D eigenvalue weighted by atomic mass is 10.1. The Balaban J connectivity index is 2.45. The molecule has 1 amide bonds. The van der Waals surface area contributed by atoms with Gasteiger partial charge in [0.2, 0.25) is 0 Å². The van der Waals surface area contributed by atoms with Crippen LogP contribution in [0.3, 0.4) is 0 Å². The lowest BCUT2D eigenvalue weighted by Gasteiger charge is -2.14. The third-order valence-corrected chi connectivity index (χ3v) is 5.40. The Hall–Kier alpha value is -1.54. The number of carboxylic acids is 1. The third-order valence-electron chi connectivity index (χ3n) is 2.99. The van der Waals surface area contributed by atoms with Crippen LogP contribution in [0.1, 0.15) is 22.3 Å². The molecule has 6 nitrogen and oxygen atoms in total. The van der Waals surface area contributed by atoms with E-state index < -0.39 is 5.97 Å². The highest BCUT2D eigenvalue weighted by molar-refractivity contribution is 8.76. The Kier molecular flexibility index (Phi) is 8.71. The molecule has 2 N–H and O–H groups in total. The summed E-state index contributed by atoms with van der Waals surface area (Å²) in [5, 5.41) is 11.4. The van der Waals surface area contributed by atoms with Crippen LogP contribution in [0, 0.1) is 6.92 Å². The molecule has 0 saturated carbocycles. The smallest absolute Gasteiger partial charge is 0.304 e. The maximum atomic E-state index is 12.2. The maximum absolute atomic E-state index is 12.2. The van der Waals surface area contributed by atoms with Gasteiger partial charge in [-0.05, 0) is 19.1 Å². The number of amides is 1. The molecule has 0 aliphatic heterocycles. The molecule has 0 atom stereocenters. The second-order valence-corrected chi connectivity index (χ2v) is 7.22. The molecule has 0 unspecified atom stereocenters. The number of carbonyl (C=O) groups excluding carboxylic acids is 1. The lowest BCUT2D eigenvalue weighted by Crippen LogP contribution is -2.26. The van der Waals surface area contributed by atoms with Crippen molar-refractivity contribution in [3.63, 3.8) is 0 Å². The SMILES string of the molecule is COc1ccc(C(=O)NCCSSCCC(=O)O)c(C)c1OC.